The normalized spacial score (nSPS) is 16.9. The average Bonchev–Trinajstić information content (AvgIpc) is 2.62. The number of hydrogen-bond donors (Lipinski definition) is 2. The number of nitrogens with one attached hydrogen (secondary N) is 2. The molecule has 1 atom stereocenters. The summed E-state index contributed by atoms with van der Waals surface area (Å²) in [5.41, 5.74) is 3.16. The number of anilines is 1. The Morgan fingerprint density at radius 1 is 1.30 bits per heavy atom. The quantitative estimate of drug-likeness (QED) is 0.708. The van der Waals surface area contributed by atoms with Crippen molar-refractivity contribution < 1.29 is 19.1 Å². The largest absolute Gasteiger partial charge is 0.465 e. The van der Waals surface area contributed by atoms with Crippen LogP contribution >= 0.6 is 0 Å². The van der Waals surface area contributed by atoms with Crippen LogP contribution in [0.15, 0.2) is 18.2 Å². The summed E-state index contributed by atoms with van der Waals surface area (Å²) < 4.78 is 5.16. The zero-order chi connectivity index (χ0) is 20.0. The number of carbonyl (C=O) groups is 3. The minimum atomic E-state index is -0.826. The van der Waals surface area contributed by atoms with Crippen molar-refractivity contribution in [3.8, 4) is 0 Å². The minimum absolute atomic E-state index is 0.0628. The van der Waals surface area contributed by atoms with Crippen molar-refractivity contribution in [2.24, 2.45) is 5.92 Å². The molecule has 0 aliphatic carbocycles. The molecule has 27 heavy (non-hydrogen) atoms. The van der Waals surface area contributed by atoms with E-state index in [1.54, 1.807) is 0 Å². The molecule has 0 bridgehead atoms. The fourth-order valence-corrected chi connectivity index (χ4v) is 2.82. The van der Waals surface area contributed by atoms with Gasteiger partial charge in [-0.2, -0.15) is 0 Å². The van der Waals surface area contributed by atoms with Crippen molar-refractivity contribution >= 4 is 23.5 Å². The lowest BCUT2D eigenvalue weighted by atomic mass is 10.1. The Balaban J connectivity index is 1.97. The topological polar surface area (TPSA) is 87.7 Å². The van der Waals surface area contributed by atoms with Gasteiger partial charge in [-0.3, -0.25) is 14.4 Å². The maximum atomic E-state index is 12.7. The summed E-state index contributed by atoms with van der Waals surface area (Å²) in [6, 6.07) is 5.06. The van der Waals surface area contributed by atoms with Gasteiger partial charge in [0, 0.05) is 18.8 Å². The third kappa shape index (κ3) is 5.98. The highest BCUT2D eigenvalue weighted by atomic mass is 16.5. The second kappa shape index (κ2) is 9.39. The molecule has 148 valence electrons. The zero-order valence-corrected chi connectivity index (χ0v) is 16.5. The van der Waals surface area contributed by atoms with Crippen molar-refractivity contribution in [1.82, 2.24) is 10.2 Å². The Labute approximate surface area is 160 Å². The van der Waals surface area contributed by atoms with Gasteiger partial charge in [0.25, 0.3) is 0 Å². The van der Waals surface area contributed by atoms with Gasteiger partial charge in [0.05, 0.1) is 19.6 Å². The second-order valence-corrected chi connectivity index (χ2v) is 7.33. The van der Waals surface area contributed by atoms with Gasteiger partial charge >= 0.3 is 5.97 Å². The molecule has 2 amide bonds. The number of benzene rings is 1. The summed E-state index contributed by atoms with van der Waals surface area (Å²) in [6.45, 7) is 9.04. The standard InChI is InChI=1S/C20H29N3O4/c1-13(2)12-27-19(25)10-17-20(26)21-7-8-23(17)18(24)11-22-16-6-5-14(3)15(4)9-16/h5-6,9,13,17,22H,7-8,10-12H2,1-4H3,(H,21,26). The third-order valence-corrected chi connectivity index (χ3v) is 4.54. The molecule has 7 nitrogen and oxygen atoms in total. The van der Waals surface area contributed by atoms with Crippen LogP contribution in [0.25, 0.3) is 0 Å². The smallest absolute Gasteiger partial charge is 0.308 e. The van der Waals surface area contributed by atoms with E-state index in [-0.39, 0.29) is 30.7 Å². The monoisotopic (exact) mass is 375 g/mol. The van der Waals surface area contributed by atoms with Gasteiger partial charge in [-0.05, 0) is 43.0 Å². The fourth-order valence-electron chi connectivity index (χ4n) is 2.82. The molecule has 2 rings (SSSR count). The summed E-state index contributed by atoms with van der Waals surface area (Å²) in [5, 5.41) is 5.81. The molecule has 7 heteroatoms. The SMILES string of the molecule is Cc1ccc(NCC(=O)N2CCNC(=O)C2CC(=O)OCC(C)C)cc1C. The van der Waals surface area contributed by atoms with Crippen LogP contribution < -0.4 is 10.6 Å². The highest BCUT2D eigenvalue weighted by Gasteiger charge is 2.34. The molecule has 1 aromatic carbocycles. The van der Waals surface area contributed by atoms with Crippen LogP contribution in [0.5, 0.6) is 0 Å². The van der Waals surface area contributed by atoms with Gasteiger partial charge in [-0.1, -0.05) is 19.9 Å². The number of esters is 1. The van der Waals surface area contributed by atoms with Crippen molar-refractivity contribution in [3.05, 3.63) is 29.3 Å². The Morgan fingerprint density at radius 3 is 2.70 bits per heavy atom. The minimum Gasteiger partial charge on any atom is -0.465 e. The van der Waals surface area contributed by atoms with Gasteiger partial charge in [0.2, 0.25) is 11.8 Å². The van der Waals surface area contributed by atoms with Crippen molar-refractivity contribution in [2.75, 3.05) is 31.6 Å². The average molecular weight is 375 g/mol. The maximum Gasteiger partial charge on any atom is 0.308 e. The number of rotatable bonds is 7. The van der Waals surface area contributed by atoms with Gasteiger partial charge in [0.15, 0.2) is 0 Å². The molecule has 1 aliphatic rings. The van der Waals surface area contributed by atoms with Crippen LogP contribution in [0.4, 0.5) is 5.69 Å². The van der Waals surface area contributed by atoms with Gasteiger partial charge in [0.1, 0.15) is 6.04 Å². The molecule has 1 saturated heterocycles. The predicted molar refractivity (Wildman–Crippen MR) is 103 cm³/mol. The lowest BCUT2D eigenvalue weighted by molar-refractivity contribution is -0.152. The molecule has 1 aliphatic heterocycles. The molecule has 1 aromatic rings. The lowest BCUT2D eigenvalue weighted by Crippen LogP contribution is -2.58. The van der Waals surface area contributed by atoms with Crippen LogP contribution in [0, 0.1) is 19.8 Å². The van der Waals surface area contributed by atoms with E-state index in [2.05, 4.69) is 10.6 Å². The molecular weight excluding hydrogens is 346 g/mol. The predicted octanol–water partition coefficient (Wildman–Crippen LogP) is 1.63. The summed E-state index contributed by atoms with van der Waals surface area (Å²) in [4.78, 5) is 38.3. The van der Waals surface area contributed by atoms with E-state index in [9.17, 15) is 14.4 Å². The van der Waals surface area contributed by atoms with E-state index >= 15 is 0 Å². The van der Waals surface area contributed by atoms with E-state index in [0.717, 1.165) is 11.3 Å². The summed E-state index contributed by atoms with van der Waals surface area (Å²) in [6.07, 6.45) is -0.131. The molecule has 0 saturated carbocycles. The van der Waals surface area contributed by atoms with E-state index in [0.29, 0.717) is 19.7 Å². The van der Waals surface area contributed by atoms with Crippen LogP contribution in [-0.4, -0.2) is 55.0 Å². The first-order valence-electron chi connectivity index (χ1n) is 9.32. The first kappa shape index (κ1) is 20.7. The van der Waals surface area contributed by atoms with Crippen LogP contribution in [0.3, 0.4) is 0 Å². The first-order chi connectivity index (χ1) is 12.8. The second-order valence-electron chi connectivity index (χ2n) is 7.33. The molecule has 0 spiro atoms. The zero-order valence-electron chi connectivity index (χ0n) is 16.5. The van der Waals surface area contributed by atoms with E-state index in [1.807, 2.05) is 45.9 Å². The van der Waals surface area contributed by atoms with Crippen LogP contribution in [0.2, 0.25) is 0 Å². The van der Waals surface area contributed by atoms with Crippen LogP contribution in [0.1, 0.15) is 31.4 Å². The number of amides is 2. The Hall–Kier alpha value is -2.57. The fraction of sp³-hybridized carbons (Fsp3) is 0.550. The summed E-state index contributed by atoms with van der Waals surface area (Å²) in [7, 11) is 0. The number of ether oxygens (including phenoxy) is 1. The Bertz CT molecular complexity index is 702. The highest BCUT2D eigenvalue weighted by Crippen LogP contribution is 2.15. The summed E-state index contributed by atoms with van der Waals surface area (Å²) in [5.74, 6) is -0.785. The Kier molecular flexibility index (Phi) is 7.21. The first-order valence-corrected chi connectivity index (χ1v) is 9.32. The summed E-state index contributed by atoms with van der Waals surface area (Å²) >= 11 is 0. The number of aryl methyl sites for hydroxylation is 2. The van der Waals surface area contributed by atoms with Gasteiger partial charge < -0.3 is 20.3 Å². The van der Waals surface area contributed by atoms with Crippen molar-refractivity contribution in [2.45, 2.75) is 40.2 Å². The van der Waals surface area contributed by atoms with Crippen molar-refractivity contribution in [1.29, 1.82) is 0 Å². The third-order valence-electron chi connectivity index (χ3n) is 4.54. The van der Waals surface area contributed by atoms with Crippen LogP contribution in [-0.2, 0) is 19.1 Å². The van der Waals surface area contributed by atoms with E-state index < -0.39 is 12.0 Å². The Morgan fingerprint density at radius 2 is 2.04 bits per heavy atom. The number of carbonyl (C=O) groups excluding carboxylic acids is 3. The molecule has 1 fully saturated rings. The number of piperazine rings is 1. The van der Waals surface area contributed by atoms with E-state index in [4.69, 9.17) is 4.74 Å². The molecule has 1 unspecified atom stereocenters. The maximum absolute atomic E-state index is 12.7. The molecule has 0 aromatic heterocycles. The van der Waals surface area contributed by atoms with Gasteiger partial charge in [-0.15, -0.1) is 0 Å². The number of nitrogens with zero attached hydrogens (tertiary/aromatic N) is 1. The lowest BCUT2D eigenvalue weighted by Gasteiger charge is -2.34. The molecule has 0 radical (unpaired) electrons. The van der Waals surface area contributed by atoms with E-state index in [1.165, 1.54) is 10.5 Å². The molecule has 2 N–H and O–H groups in total. The van der Waals surface area contributed by atoms with Crippen molar-refractivity contribution in [3.63, 3.8) is 0 Å². The molecule has 1 heterocycles. The number of hydrogen-bond acceptors (Lipinski definition) is 5. The van der Waals surface area contributed by atoms with Gasteiger partial charge in [-0.25, -0.2) is 0 Å². The highest BCUT2D eigenvalue weighted by molar-refractivity contribution is 5.93. The molecular formula is C20H29N3O4.